The van der Waals surface area contributed by atoms with Gasteiger partial charge >= 0.3 is 0 Å². The van der Waals surface area contributed by atoms with Crippen LogP contribution in [0.4, 0.5) is 5.82 Å². The van der Waals surface area contributed by atoms with Crippen LogP contribution >= 0.6 is 11.3 Å². The van der Waals surface area contributed by atoms with Gasteiger partial charge in [-0.2, -0.15) is 9.50 Å². The maximum Gasteiger partial charge on any atom is 0.276 e. The number of anilines is 1. The maximum atomic E-state index is 4.86. The summed E-state index contributed by atoms with van der Waals surface area (Å²) in [5.74, 6) is 2.52. The Kier molecular flexibility index (Phi) is 3.24. The average Bonchev–Trinajstić information content (AvgIpc) is 3.18. The van der Waals surface area contributed by atoms with Gasteiger partial charge in [-0.15, -0.1) is 11.3 Å². The van der Waals surface area contributed by atoms with Crippen molar-refractivity contribution in [3.63, 3.8) is 0 Å². The topological polar surface area (TPSA) is 62.5 Å². The second kappa shape index (κ2) is 5.35. The minimum Gasteiger partial charge on any atom is -0.356 e. The first-order valence-electron chi connectivity index (χ1n) is 8.66. The Hall–Kier alpha value is -1.80. The van der Waals surface area contributed by atoms with Crippen LogP contribution in [-0.4, -0.2) is 56.6 Å². The summed E-state index contributed by atoms with van der Waals surface area (Å²) < 4.78 is 1.81. The summed E-state index contributed by atoms with van der Waals surface area (Å²) in [7, 11) is 2.19. The van der Waals surface area contributed by atoms with E-state index >= 15 is 0 Å². The molecule has 24 heavy (non-hydrogen) atoms. The van der Waals surface area contributed by atoms with Crippen molar-refractivity contribution in [2.24, 2.45) is 5.92 Å². The molecule has 126 valence electrons. The van der Waals surface area contributed by atoms with E-state index in [4.69, 9.17) is 4.98 Å². The molecule has 0 radical (unpaired) electrons. The van der Waals surface area contributed by atoms with E-state index in [0.29, 0.717) is 5.78 Å². The van der Waals surface area contributed by atoms with Gasteiger partial charge in [0.05, 0.1) is 5.39 Å². The Bertz CT molecular complexity index is 906. The summed E-state index contributed by atoms with van der Waals surface area (Å²) in [4.78, 5) is 12.3. The zero-order chi connectivity index (χ0) is 16.3. The maximum absolute atomic E-state index is 4.86. The van der Waals surface area contributed by atoms with Crippen LogP contribution in [0.1, 0.15) is 30.2 Å². The molecule has 2 aliphatic heterocycles. The lowest BCUT2D eigenvalue weighted by molar-refractivity contribution is 0.318. The fraction of sp³-hybridized carbons (Fsp3) is 0.625. The summed E-state index contributed by atoms with van der Waals surface area (Å²) in [5.41, 5.74) is 1.46. The zero-order valence-electron chi connectivity index (χ0n) is 14.1. The fourth-order valence-corrected chi connectivity index (χ4v) is 5.25. The molecule has 0 bridgehead atoms. The number of fused-ring (bicyclic) bond motifs is 5. The standard InChI is InChI=1S/C16H21N7S/c1-10-3-7-22(8-4-10)14-13-11-5-6-21(2)9-12(11)24-15(13)23-16(17-14)18-19-20-23/h10H,3-9H2,1-2H3. The average molecular weight is 343 g/mol. The SMILES string of the molecule is CC1CCN(c2nc3nnnn3c3sc4c(c23)CCN(C)C4)CC1. The first kappa shape index (κ1) is 14.5. The van der Waals surface area contributed by atoms with Gasteiger partial charge in [-0.1, -0.05) is 12.0 Å². The number of aromatic nitrogens is 5. The van der Waals surface area contributed by atoms with Gasteiger partial charge < -0.3 is 9.80 Å². The van der Waals surface area contributed by atoms with Gasteiger partial charge in [0.25, 0.3) is 5.78 Å². The minimum atomic E-state index is 0.614. The molecule has 1 fully saturated rings. The van der Waals surface area contributed by atoms with E-state index in [1.807, 2.05) is 15.9 Å². The van der Waals surface area contributed by atoms with Crippen molar-refractivity contribution >= 4 is 33.1 Å². The molecule has 5 heterocycles. The zero-order valence-corrected chi connectivity index (χ0v) is 14.9. The third-order valence-electron chi connectivity index (χ3n) is 5.39. The van der Waals surface area contributed by atoms with Crippen molar-refractivity contribution in [1.82, 2.24) is 29.9 Å². The van der Waals surface area contributed by atoms with Crippen molar-refractivity contribution in [2.75, 3.05) is 31.6 Å². The highest BCUT2D eigenvalue weighted by atomic mass is 32.1. The molecule has 0 atom stereocenters. The molecule has 0 spiro atoms. The highest BCUT2D eigenvalue weighted by molar-refractivity contribution is 7.19. The van der Waals surface area contributed by atoms with Crippen LogP contribution in [0.5, 0.6) is 0 Å². The molecule has 1 saturated heterocycles. The molecule has 5 rings (SSSR count). The predicted octanol–water partition coefficient (Wildman–Crippen LogP) is 1.96. The highest BCUT2D eigenvalue weighted by Gasteiger charge is 2.27. The van der Waals surface area contributed by atoms with Crippen LogP contribution in [0, 0.1) is 5.92 Å². The Balaban J connectivity index is 1.74. The predicted molar refractivity (Wildman–Crippen MR) is 94.6 cm³/mol. The number of hydrogen-bond acceptors (Lipinski definition) is 7. The fourth-order valence-electron chi connectivity index (χ4n) is 3.88. The lowest BCUT2D eigenvalue weighted by atomic mass is 9.98. The summed E-state index contributed by atoms with van der Waals surface area (Å²) in [6.07, 6.45) is 3.54. The molecule has 0 saturated carbocycles. The van der Waals surface area contributed by atoms with E-state index in [2.05, 4.69) is 39.3 Å². The normalized spacial score (nSPS) is 20.2. The molecule has 0 unspecified atom stereocenters. The van der Waals surface area contributed by atoms with Crippen molar-refractivity contribution in [1.29, 1.82) is 0 Å². The second-order valence-corrected chi connectivity index (χ2v) is 8.25. The smallest absolute Gasteiger partial charge is 0.276 e. The molecular weight excluding hydrogens is 322 g/mol. The number of tetrazole rings is 1. The van der Waals surface area contributed by atoms with Crippen LogP contribution in [-0.2, 0) is 13.0 Å². The summed E-state index contributed by atoms with van der Waals surface area (Å²) in [6, 6.07) is 0. The number of rotatable bonds is 1. The van der Waals surface area contributed by atoms with E-state index < -0.39 is 0 Å². The van der Waals surface area contributed by atoms with Gasteiger partial charge in [0.1, 0.15) is 10.6 Å². The molecule has 0 amide bonds. The Morgan fingerprint density at radius 3 is 2.83 bits per heavy atom. The van der Waals surface area contributed by atoms with E-state index in [0.717, 1.165) is 49.2 Å². The van der Waals surface area contributed by atoms with E-state index in [1.54, 1.807) is 0 Å². The van der Waals surface area contributed by atoms with Crippen LogP contribution in [0.25, 0.3) is 16.0 Å². The number of likely N-dealkylation sites (N-methyl/N-ethyl adjacent to an activating group) is 1. The van der Waals surface area contributed by atoms with Gasteiger partial charge in [0.15, 0.2) is 0 Å². The lowest BCUT2D eigenvalue weighted by Gasteiger charge is -2.32. The summed E-state index contributed by atoms with van der Waals surface area (Å²) in [6.45, 7) is 6.60. The first-order chi connectivity index (χ1) is 11.7. The van der Waals surface area contributed by atoms with E-state index in [1.165, 1.54) is 28.7 Å². The largest absolute Gasteiger partial charge is 0.356 e. The molecule has 0 aromatic carbocycles. The monoisotopic (exact) mass is 343 g/mol. The van der Waals surface area contributed by atoms with Gasteiger partial charge in [-0.25, -0.2) is 0 Å². The molecule has 3 aromatic rings. The van der Waals surface area contributed by atoms with Crippen molar-refractivity contribution in [3.8, 4) is 0 Å². The van der Waals surface area contributed by atoms with Crippen LogP contribution in [0.3, 0.4) is 0 Å². The minimum absolute atomic E-state index is 0.614. The molecule has 3 aromatic heterocycles. The van der Waals surface area contributed by atoms with Crippen molar-refractivity contribution in [2.45, 2.75) is 32.7 Å². The second-order valence-electron chi connectivity index (χ2n) is 7.17. The first-order valence-corrected chi connectivity index (χ1v) is 9.48. The highest BCUT2D eigenvalue weighted by Crippen LogP contribution is 2.40. The molecule has 7 nitrogen and oxygen atoms in total. The van der Waals surface area contributed by atoms with Crippen LogP contribution in [0.15, 0.2) is 0 Å². The Morgan fingerprint density at radius 2 is 2.00 bits per heavy atom. The van der Waals surface area contributed by atoms with E-state index in [9.17, 15) is 0 Å². The number of hydrogen-bond donors (Lipinski definition) is 0. The van der Waals surface area contributed by atoms with Crippen LogP contribution in [0.2, 0.25) is 0 Å². The molecular formula is C16H21N7S. The van der Waals surface area contributed by atoms with Crippen molar-refractivity contribution < 1.29 is 0 Å². The lowest BCUT2D eigenvalue weighted by Crippen LogP contribution is -2.34. The van der Waals surface area contributed by atoms with Crippen LogP contribution < -0.4 is 4.90 Å². The Labute approximate surface area is 144 Å². The summed E-state index contributed by atoms with van der Waals surface area (Å²) in [5, 5.41) is 13.4. The Morgan fingerprint density at radius 1 is 1.17 bits per heavy atom. The molecule has 8 heteroatoms. The van der Waals surface area contributed by atoms with Gasteiger partial charge in [0.2, 0.25) is 0 Å². The van der Waals surface area contributed by atoms with Crippen molar-refractivity contribution in [3.05, 3.63) is 10.4 Å². The van der Waals surface area contributed by atoms with Gasteiger partial charge in [0, 0.05) is 31.1 Å². The quantitative estimate of drug-likeness (QED) is 0.673. The molecule has 2 aliphatic rings. The summed E-state index contributed by atoms with van der Waals surface area (Å²) >= 11 is 1.83. The molecule has 0 aliphatic carbocycles. The van der Waals surface area contributed by atoms with Gasteiger partial charge in [-0.05, 0) is 48.2 Å². The molecule has 0 N–H and O–H groups in total. The van der Waals surface area contributed by atoms with Gasteiger partial charge in [-0.3, -0.25) is 0 Å². The third-order valence-corrected chi connectivity index (χ3v) is 6.58. The number of nitrogens with zero attached hydrogens (tertiary/aromatic N) is 7. The number of piperidine rings is 1. The van der Waals surface area contributed by atoms with E-state index in [-0.39, 0.29) is 0 Å². The third kappa shape index (κ3) is 2.12. The number of thiophene rings is 1.